The molecule has 2 aliphatic carbocycles. The molecule has 2 aromatic rings. The van der Waals surface area contributed by atoms with Crippen molar-refractivity contribution in [3.05, 3.63) is 87.9 Å². The fourth-order valence-electron chi connectivity index (χ4n) is 2.86. The van der Waals surface area contributed by atoms with Crippen LogP contribution in [0.15, 0.2) is 64.0 Å². The van der Waals surface area contributed by atoms with Gasteiger partial charge >= 0.3 is 26.2 Å². The van der Waals surface area contributed by atoms with Crippen LogP contribution in [0.1, 0.15) is 28.4 Å². The summed E-state index contributed by atoms with van der Waals surface area (Å²) in [4.78, 5) is 1.39. The molecule has 0 nitrogen and oxygen atoms in total. The Balaban J connectivity index is 0.000000344. The van der Waals surface area contributed by atoms with Gasteiger partial charge in [0.1, 0.15) is 0 Å². The zero-order valence-corrected chi connectivity index (χ0v) is 19.5. The van der Waals surface area contributed by atoms with Crippen molar-refractivity contribution in [2.24, 2.45) is 0 Å². The molecule has 0 aromatic heterocycles. The van der Waals surface area contributed by atoms with Gasteiger partial charge in [0, 0.05) is 14.6 Å². The maximum Gasteiger partial charge on any atom is 4.00 e. The summed E-state index contributed by atoms with van der Waals surface area (Å²) in [6.07, 6.45) is 12.3. The Kier molecular flexibility index (Phi) is 9.50. The molecule has 0 fully saturated rings. The van der Waals surface area contributed by atoms with E-state index in [9.17, 15) is 0 Å². The summed E-state index contributed by atoms with van der Waals surface area (Å²) in [6, 6.07) is 16.1. The third kappa shape index (κ3) is 4.82. The molecular weight excluding hydrogens is 514 g/mol. The van der Waals surface area contributed by atoms with Gasteiger partial charge in [-0.25, -0.2) is 12.2 Å². The van der Waals surface area contributed by atoms with E-state index in [0.717, 1.165) is 10.9 Å². The van der Waals surface area contributed by atoms with Gasteiger partial charge in [-0.1, -0.05) is 21.5 Å². The van der Waals surface area contributed by atoms with Gasteiger partial charge in [0.15, 0.2) is 0 Å². The largest absolute Gasteiger partial charge is 4.00 e. The minimum absolute atomic E-state index is 0. The average Bonchev–Trinajstić information content (AvgIpc) is 3.25. The Hall–Kier alpha value is -0.0469. The van der Waals surface area contributed by atoms with Crippen molar-refractivity contribution >= 4 is 39.3 Å². The molecule has 0 bridgehead atoms. The molecule has 2 aromatic carbocycles. The maximum absolute atomic E-state index is 3.55. The van der Waals surface area contributed by atoms with Crippen LogP contribution in [0.2, 0.25) is 0 Å². The van der Waals surface area contributed by atoms with Gasteiger partial charge in [-0.15, -0.1) is 59.7 Å². The van der Waals surface area contributed by atoms with Crippen LogP contribution in [-0.4, -0.2) is 0 Å². The third-order valence-corrected chi connectivity index (χ3v) is 5.72. The van der Waals surface area contributed by atoms with Crippen LogP contribution >= 0.6 is 27.7 Å². The molecule has 0 spiro atoms. The van der Waals surface area contributed by atoms with E-state index in [2.05, 4.69) is 70.6 Å². The van der Waals surface area contributed by atoms with Crippen LogP contribution in [-0.2, 0) is 26.2 Å². The Morgan fingerprint density at radius 2 is 2.00 bits per heavy atom. The Labute approximate surface area is 193 Å². The van der Waals surface area contributed by atoms with Gasteiger partial charge in [0.05, 0.1) is 0 Å². The molecule has 0 N–H and O–H groups in total. The summed E-state index contributed by atoms with van der Waals surface area (Å²) < 4.78 is 1.15. The van der Waals surface area contributed by atoms with Crippen molar-refractivity contribution in [1.29, 1.82) is 0 Å². The Morgan fingerprint density at radius 3 is 2.68 bits per heavy atom. The van der Waals surface area contributed by atoms with E-state index >= 15 is 0 Å². The average molecular weight is 527 g/mol. The maximum atomic E-state index is 3.55. The normalized spacial score (nSPS) is 16.8. The number of rotatable bonds is 0. The van der Waals surface area contributed by atoms with Crippen LogP contribution in [0.3, 0.4) is 0 Å². The molecule has 0 radical (unpaired) electrons. The van der Waals surface area contributed by atoms with E-state index in [4.69, 9.17) is 0 Å². The molecule has 0 saturated carbocycles. The van der Waals surface area contributed by atoms with Crippen molar-refractivity contribution in [3.63, 3.8) is 0 Å². The van der Waals surface area contributed by atoms with Crippen LogP contribution in [0.25, 0.3) is 11.6 Å². The molecule has 1 aliphatic heterocycles. The summed E-state index contributed by atoms with van der Waals surface area (Å²) in [6.45, 7) is 0. The van der Waals surface area contributed by atoms with Gasteiger partial charge in [0.2, 0.25) is 0 Å². The molecule has 1 unspecified atom stereocenters. The van der Waals surface area contributed by atoms with Gasteiger partial charge in [-0.05, 0) is 23.8 Å². The molecule has 5 heteroatoms. The zero-order chi connectivity index (χ0) is 14.9. The topological polar surface area (TPSA) is 0 Å². The number of benzene rings is 2. The number of thioether (sulfide) groups is 1. The van der Waals surface area contributed by atoms with E-state index in [1.54, 1.807) is 0 Å². The van der Waals surface area contributed by atoms with Gasteiger partial charge in [0.25, 0.3) is 0 Å². The van der Waals surface area contributed by atoms with Gasteiger partial charge in [-0.2, -0.15) is 6.08 Å². The van der Waals surface area contributed by atoms with E-state index in [1.807, 2.05) is 30.0 Å². The Bertz CT molecular complexity index is 820. The van der Waals surface area contributed by atoms with Crippen LogP contribution in [0.5, 0.6) is 0 Å². The number of hydrogen-bond acceptors (Lipinski definition) is 1. The van der Waals surface area contributed by atoms with Gasteiger partial charge in [-0.3, -0.25) is 6.08 Å². The molecule has 3 aliphatic rings. The molecule has 5 rings (SSSR count). The fourth-order valence-corrected chi connectivity index (χ4v) is 4.58. The summed E-state index contributed by atoms with van der Waals surface area (Å²) in [7, 11) is 0. The molecule has 0 saturated heterocycles. The SMILES string of the molecule is Brc1ccc2c(c1)C1=Cc3[c-]cccc3C1S2.[C-]1=CC=CC1.[Cl-].[Cl-].[Zr+4]. The first-order valence-corrected chi connectivity index (χ1v) is 8.91. The fraction of sp³-hybridized carbons (Fsp3) is 0.100. The second-order valence-electron chi connectivity index (χ2n) is 5.28. The Morgan fingerprint density at radius 1 is 1.16 bits per heavy atom. The summed E-state index contributed by atoms with van der Waals surface area (Å²) >= 11 is 5.50. The summed E-state index contributed by atoms with van der Waals surface area (Å²) in [5.41, 5.74) is 5.47. The third-order valence-electron chi connectivity index (χ3n) is 3.87. The second kappa shape index (κ2) is 10.3. The predicted molar refractivity (Wildman–Crippen MR) is 97.5 cm³/mol. The quantitative estimate of drug-likeness (QED) is 0.444. The van der Waals surface area contributed by atoms with Crippen molar-refractivity contribution < 1.29 is 51.0 Å². The predicted octanol–water partition coefficient (Wildman–Crippen LogP) is 0.261. The van der Waals surface area contributed by atoms with E-state index < -0.39 is 0 Å². The van der Waals surface area contributed by atoms with E-state index in [1.165, 1.54) is 27.2 Å². The van der Waals surface area contributed by atoms with Crippen LogP contribution in [0, 0.1) is 12.1 Å². The molecule has 25 heavy (non-hydrogen) atoms. The van der Waals surface area contributed by atoms with Crippen LogP contribution in [0.4, 0.5) is 0 Å². The first-order chi connectivity index (χ1) is 10.8. The minimum Gasteiger partial charge on any atom is -1.00 e. The molecule has 0 amide bonds. The monoisotopic (exact) mass is 524 g/mol. The minimum atomic E-state index is 0. The first kappa shape index (κ1) is 23.0. The van der Waals surface area contributed by atoms with Crippen LogP contribution < -0.4 is 24.8 Å². The molecule has 1 heterocycles. The molecule has 1 atom stereocenters. The number of allylic oxidation sites excluding steroid dienone is 4. The standard InChI is InChI=1S/C15H8BrS.C5H5.2ClH.Zr/c16-10-5-6-14-12(8-10)13-7-9-3-1-2-4-11(9)15(13)17-14;1-2-4-5-3-1;;;/h1-2,4-8,15H;1-3H,4H2;2*1H;/q2*-1;;;+4/p-2. The number of halogens is 3. The number of fused-ring (bicyclic) bond motifs is 5. The van der Waals surface area contributed by atoms with Crippen molar-refractivity contribution in [2.75, 3.05) is 0 Å². The molecular formula is C20H13BrCl2SZr. The second-order valence-corrected chi connectivity index (χ2v) is 7.34. The van der Waals surface area contributed by atoms with Crippen molar-refractivity contribution in [2.45, 2.75) is 16.6 Å². The van der Waals surface area contributed by atoms with Gasteiger partial charge < -0.3 is 24.8 Å². The molecule has 124 valence electrons. The summed E-state index contributed by atoms with van der Waals surface area (Å²) in [5, 5.41) is 0.478. The zero-order valence-electron chi connectivity index (χ0n) is 13.1. The van der Waals surface area contributed by atoms with E-state index in [0.29, 0.717) is 5.25 Å². The smallest absolute Gasteiger partial charge is 1.00 e. The number of hydrogen-bond donors (Lipinski definition) is 0. The van der Waals surface area contributed by atoms with E-state index in [-0.39, 0.29) is 51.0 Å². The summed E-state index contributed by atoms with van der Waals surface area (Å²) in [5.74, 6) is 0. The first-order valence-electron chi connectivity index (χ1n) is 7.23. The van der Waals surface area contributed by atoms with Crippen molar-refractivity contribution in [1.82, 2.24) is 0 Å². The van der Waals surface area contributed by atoms with Crippen molar-refractivity contribution in [3.8, 4) is 0 Å².